The van der Waals surface area contributed by atoms with Crippen LogP contribution in [0.3, 0.4) is 0 Å². The fourth-order valence-electron chi connectivity index (χ4n) is 1.50. The van der Waals surface area contributed by atoms with Gasteiger partial charge in [-0.25, -0.2) is 5.84 Å². The molecule has 1 aromatic rings. The lowest BCUT2D eigenvalue weighted by Crippen LogP contribution is -2.36. The summed E-state index contributed by atoms with van der Waals surface area (Å²) in [4.78, 5) is 4.34. The molecule has 0 aliphatic carbocycles. The van der Waals surface area contributed by atoms with E-state index in [4.69, 9.17) is 5.84 Å². The Morgan fingerprint density at radius 2 is 2.29 bits per heavy atom. The Hall–Kier alpha value is -1.56. The number of guanidine groups is 1. The number of nitrogens with zero attached hydrogens (tertiary/aromatic N) is 3. The van der Waals surface area contributed by atoms with Crippen molar-refractivity contribution in [1.82, 2.24) is 15.2 Å². The molecule has 0 fully saturated rings. The van der Waals surface area contributed by atoms with Gasteiger partial charge in [-0.15, -0.1) is 0 Å². The molecule has 0 saturated heterocycles. The largest absolute Gasteiger partial charge is 0.322 e. The minimum Gasteiger partial charge on any atom is -0.322 e. The zero-order chi connectivity index (χ0) is 12.7. The maximum atomic E-state index is 5.43. The Morgan fingerprint density at radius 1 is 1.53 bits per heavy atom. The molecule has 0 amide bonds. The number of hydrogen-bond acceptors (Lipinski definition) is 3. The zero-order valence-electron chi connectivity index (χ0n) is 10.8. The number of hydrogen-bond donors (Lipinski definition) is 3. The smallest absolute Gasteiger partial charge is 0.210 e. The normalized spacial score (nSPS) is 11.6. The first-order chi connectivity index (χ1) is 8.21. The monoisotopic (exact) mass is 238 g/mol. The minimum absolute atomic E-state index is 0.584. The van der Waals surface area contributed by atoms with Crippen molar-refractivity contribution in [3.05, 3.63) is 11.9 Å². The van der Waals surface area contributed by atoms with Gasteiger partial charge in [-0.1, -0.05) is 20.3 Å². The first-order valence-corrected chi connectivity index (χ1v) is 6.01. The third-order valence-electron chi connectivity index (χ3n) is 2.41. The number of nitrogens with one attached hydrogen (secondary N) is 2. The molecule has 6 heteroatoms. The summed E-state index contributed by atoms with van der Waals surface area (Å²) in [5.74, 6) is 6.02. The zero-order valence-corrected chi connectivity index (χ0v) is 10.8. The summed E-state index contributed by atoms with van der Waals surface area (Å²) in [6.45, 7) is 4.97. The quantitative estimate of drug-likeness (QED) is 0.235. The topological polar surface area (TPSA) is 80.3 Å². The van der Waals surface area contributed by atoms with E-state index in [1.54, 1.807) is 4.68 Å². The highest BCUT2D eigenvalue weighted by Gasteiger charge is 2.07. The number of rotatable bonds is 5. The third kappa shape index (κ3) is 4.07. The Labute approximate surface area is 102 Å². The van der Waals surface area contributed by atoms with Gasteiger partial charge >= 0.3 is 0 Å². The van der Waals surface area contributed by atoms with E-state index in [-0.39, 0.29) is 0 Å². The SMILES string of the molecule is CCCCN=C(NN)Nc1cn(C)nc1CC. The summed E-state index contributed by atoms with van der Waals surface area (Å²) < 4.78 is 1.78. The van der Waals surface area contributed by atoms with Gasteiger partial charge in [0.25, 0.3) is 0 Å². The average molecular weight is 238 g/mol. The van der Waals surface area contributed by atoms with E-state index in [1.165, 1.54) is 0 Å². The highest BCUT2D eigenvalue weighted by atomic mass is 15.3. The average Bonchev–Trinajstić information content (AvgIpc) is 2.68. The molecule has 0 atom stereocenters. The van der Waals surface area contributed by atoms with E-state index in [0.717, 1.165) is 37.2 Å². The van der Waals surface area contributed by atoms with E-state index in [9.17, 15) is 0 Å². The van der Waals surface area contributed by atoms with Crippen molar-refractivity contribution < 1.29 is 0 Å². The summed E-state index contributed by atoms with van der Waals surface area (Å²) >= 11 is 0. The van der Waals surface area contributed by atoms with Crippen molar-refractivity contribution in [3.63, 3.8) is 0 Å². The second-order valence-electron chi connectivity index (χ2n) is 3.87. The van der Waals surface area contributed by atoms with Crippen molar-refractivity contribution in [2.24, 2.45) is 17.9 Å². The van der Waals surface area contributed by atoms with Crippen LogP contribution in [0.4, 0.5) is 5.69 Å². The van der Waals surface area contributed by atoms with Crippen LogP contribution in [-0.2, 0) is 13.5 Å². The molecular weight excluding hydrogens is 216 g/mol. The predicted octanol–water partition coefficient (Wildman–Crippen LogP) is 1.01. The Morgan fingerprint density at radius 3 is 2.88 bits per heavy atom. The lowest BCUT2D eigenvalue weighted by Gasteiger charge is -2.08. The van der Waals surface area contributed by atoms with Gasteiger partial charge in [0.1, 0.15) is 0 Å². The van der Waals surface area contributed by atoms with E-state index in [1.807, 2.05) is 13.2 Å². The van der Waals surface area contributed by atoms with Gasteiger partial charge in [0, 0.05) is 19.8 Å². The molecule has 0 spiro atoms. The molecule has 1 heterocycles. The maximum absolute atomic E-state index is 5.43. The molecule has 0 radical (unpaired) electrons. The van der Waals surface area contributed by atoms with Crippen LogP contribution in [0.5, 0.6) is 0 Å². The molecule has 17 heavy (non-hydrogen) atoms. The second-order valence-corrected chi connectivity index (χ2v) is 3.87. The van der Waals surface area contributed by atoms with Gasteiger partial charge in [0.2, 0.25) is 5.96 Å². The molecule has 1 aromatic heterocycles. The predicted molar refractivity (Wildman–Crippen MR) is 70.7 cm³/mol. The molecule has 4 N–H and O–H groups in total. The van der Waals surface area contributed by atoms with Crippen LogP contribution in [0.2, 0.25) is 0 Å². The number of nitrogens with two attached hydrogens (primary N) is 1. The van der Waals surface area contributed by atoms with Crippen molar-refractivity contribution in [2.75, 3.05) is 11.9 Å². The van der Waals surface area contributed by atoms with E-state index >= 15 is 0 Å². The molecule has 0 saturated carbocycles. The minimum atomic E-state index is 0.584. The summed E-state index contributed by atoms with van der Waals surface area (Å²) in [5, 5.41) is 7.50. The van der Waals surface area contributed by atoms with Crippen molar-refractivity contribution in [3.8, 4) is 0 Å². The lowest BCUT2D eigenvalue weighted by atomic mass is 10.3. The van der Waals surface area contributed by atoms with Crippen molar-refractivity contribution >= 4 is 11.6 Å². The Kier molecular flexibility index (Phi) is 5.48. The van der Waals surface area contributed by atoms with Crippen LogP contribution >= 0.6 is 0 Å². The van der Waals surface area contributed by atoms with Gasteiger partial charge in [0.05, 0.1) is 11.4 Å². The highest BCUT2D eigenvalue weighted by Crippen LogP contribution is 2.13. The summed E-state index contributed by atoms with van der Waals surface area (Å²) in [6.07, 6.45) is 4.97. The molecule has 0 unspecified atom stereocenters. The van der Waals surface area contributed by atoms with Crippen molar-refractivity contribution in [1.29, 1.82) is 0 Å². The van der Waals surface area contributed by atoms with E-state index in [0.29, 0.717) is 5.96 Å². The standard InChI is InChI=1S/C11H22N6/c1-4-6-7-13-11(15-12)14-10-8-17(3)16-9(10)5-2/h8H,4-7,12H2,1-3H3,(H2,13,14,15). The second kappa shape index (κ2) is 6.90. The number of aliphatic imine (C=N–C) groups is 1. The molecule has 0 aliphatic heterocycles. The van der Waals surface area contributed by atoms with Gasteiger partial charge in [0.15, 0.2) is 0 Å². The summed E-state index contributed by atoms with van der Waals surface area (Å²) in [6, 6.07) is 0. The van der Waals surface area contributed by atoms with Crippen LogP contribution in [0.15, 0.2) is 11.2 Å². The van der Waals surface area contributed by atoms with Crippen LogP contribution in [0.25, 0.3) is 0 Å². The van der Waals surface area contributed by atoms with E-state index in [2.05, 4.69) is 34.7 Å². The molecular formula is C11H22N6. The number of anilines is 1. The van der Waals surface area contributed by atoms with Crippen LogP contribution in [0, 0.1) is 0 Å². The Bertz CT molecular complexity index is 368. The fourth-order valence-corrected chi connectivity index (χ4v) is 1.50. The number of aromatic nitrogens is 2. The maximum Gasteiger partial charge on any atom is 0.210 e. The molecule has 0 bridgehead atoms. The number of unbranched alkanes of at least 4 members (excludes halogenated alkanes) is 1. The highest BCUT2D eigenvalue weighted by molar-refractivity contribution is 5.93. The summed E-state index contributed by atoms with van der Waals surface area (Å²) in [7, 11) is 1.90. The van der Waals surface area contributed by atoms with Crippen molar-refractivity contribution in [2.45, 2.75) is 33.1 Å². The fraction of sp³-hybridized carbons (Fsp3) is 0.636. The first-order valence-electron chi connectivity index (χ1n) is 6.01. The molecule has 0 aromatic carbocycles. The summed E-state index contributed by atoms with van der Waals surface area (Å²) in [5.41, 5.74) is 4.52. The van der Waals surface area contributed by atoms with Gasteiger partial charge in [-0.3, -0.25) is 15.1 Å². The van der Waals surface area contributed by atoms with Gasteiger partial charge in [-0.2, -0.15) is 5.10 Å². The number of aryl methyl sites for hydroxylation is 2. The van der Waals surface area contributed by atoms with Crippen LogP contribution in [-0.4, -0.2) is 22.3 Å². The first kappa shape index (κ1) is 13.5. The molecule has 96 valence electrons. The molecule has 1 rings (SSSR count). The number of hydrazine groups is 1. The third-order valence-corrected chi connectivity index (χ3v) is 2.41. The molecule has 0 aliphatic rings. The van der Waals surface area contributed by atoms with Gasteiger partial charge in [-0.05, 0) is 12.8 Å². The lowest BCUT2D eigenvalue weighted by molar-refractivity contribution is 0.746. The van der Waals surface area contributed by atoms with Gasteiger partial charge < -0.3 is 5.32 Å². The van der Waals surface area contributed by atoms with Crippen LogP contribution in [0.1, 0.15) is 32.4 Å². The Balaban J connectivity index is 2.69. The molecule has 6 nitrogen and oxygen atoms in total. The van der Waals surface area contributed by atoms with E-state index < -0.39 is 0 Å². The van der Waals surface area contributed by atoms with Crippen LogP contribution < -0.4 is 16.6 Å².